The van der Waals surface area contributed by atoms with Gasteiger partial charge in [-0.05, 0) is 20.8 Å². The third-order valence-corrected chi connectivity index (χ3v) is 4.95. The summed E-state index contributed by atoms with van der Waals surface area (Å²) in [6.07, 6.45) is 0. The molecule has 9 nitrogen and oxygen atoms in total. The number of ketones is 1. The zero-order chi connectivity index (χ0) is 24.5. The van der Waals surface area contributed by atoms with Crippen molar-refractivity contribution >= 4 is 46.3 Å². The van der Waals surface area contributed by atoms with E-state index in [-0.39, 0.29) is 27.2 Å². The Balaban J connectivity index is 2.34. The van der Waals surface area contributed by atoms with Crippen molar-refractivity contribution in [3.63, 3.8) is 0 Å². The van der Waals surface area contributed by atoms with E-state index in [2.05, 4.69) is 15.5 Å². The third kappa shape index (κ3) is 6.72. The Kier molecular flexibility index (Phi) is 9.74. The highest BCUT2D eigenvalue weighted by Crippen LogP contribution is 2.39. The molecule has 0 saturated carbocycles. The number of methoxy groups -OCH3 is 2. The zero-order valence-electron chi connectivity index (χ0n) is 18.9. The summed E-state index contributed by atoms with van der Waals surface area (Å²) < 4.78 is 21.4. The lowest BCUT2D eigenvalue weighted by molar-refractivity contribution is -0.126. The van der Waals surface area contributed by atoms with Gasteiger partial charge in [0.1, 0.15) is 22.2 Å². The first-order chi connectivity index (χ1) is 15.7. The first kappa shape index (κ1) is 26.2. The molecule has 0 aromatic heterocycles. The van der Waals surface area contributed by atoms with Crippen LogP contribution in [-0.4, -0.2) is 45.2 Å². The molecule has 1 amide bonds. The van der Waals surface area contributed by atoms with E-state index in [0.717, 1.165) is 0 Å². The number of azo groups is 1. The molecule has 2 rings (SSSR count). The SMILES string of the molecule is CCOc1cc(Cl)c(N=NC(C(C)=O)C(=O)Nc2cc(OC)cc(OC)c2Cl)cc1OCC. The number of benzene rings is 2. The number of amides is 1. The number of carbonyl (C=O) groups is 2. The topological polar surface area (TPSA) is 108 Å². The molecule has 2 aromatic rings. The number of nitrogens with zero attached hydrogens (tertiary/aromatic N) is 2. The van der Waals surface area contributed by atoms with Crippen LogP contribution in [0.4, 0.5) is 11.4 Å². The van der Waals surface area contributed by atoms with Crippen LogP contribution in [0.25, 0.3) is 0 Å². The van der Waals surface area contributed by atoms with Gasteiger partial charge in [-0.25, -0.2) is 0 Å². The summed E-state index contributed by atoms with van der Waals surface area (Å²) in [5, 5.41) is 10.9. The van der Waals surface area contributed by atoms with Crippen LogP contribution >= 0.6 is 23.2 Å². The molecule has 2 aromatic carbocycles. The van der Waals surface area contributed by atoms with Crippen LogP contribution in [0.15, 0.2) is 34.5 Å². The van der Waals surface area contributed by atoms with Crippen molar-refractivity contribution in [2.75, 3.05) is 32.8 Å². The average Bonchev–Trinajstić information content (AvgIpc) is 2.77. The Morgan fingerprint density at radius 3 is 2.15 bits per heavy atom. The van der Waals surface area contributed by atoms with Gasteiger partial charge in [-0.1, -0.05) is 23.2 Å². The maximum atomic E-state index is 12.8. The van der Waals surface area contributed by atoms with E-state index in [4.69, 9.17) is 42.1 Å². The third-order valence-electron chi connectivity index (χ3n) is 4.25. The second-order valence-corrected chi connectivity index (χ2v) is 7.31. The van der Waals surface area contributed by atoms with Gasteiger partial charge in [-0.2, -0.15) is 10.2 Å². The van der Waals surface area contributed by atoms with Crippen molar-refractivity contribution in [2.45, 2.75) is 26.8 Å². The van der Waals surface area contributed by atoms with Crippen LogP contribution in [0.3, 0.4) is 0 Å². The Bertz CT molecular complexity index is 1050. The van der Waals surface area contributed by atoms with Gasteiger partial charge in [-0.3, -0.25) is 9.59 Å². The molecule has 1 N–H and O–H groups in total. The van der Waals surface area contributed by atoms with Crippen LogP contribution in [0, 0.1) is 0 Å². The molecule has 0 aliphatic heterocycles. The van der Waals surface area contributed by atoms with Gasteiger partial charge in [0, 0.05) is 24.3 Å². The van der Waals surface area contributed by atoms with Crippen molar-refractivity contribution in [3.05, 3.63) is 34.3 Å². The monoisotopic (exact) mass is 497 g/mol. The minimum atomic E-state index is -1.45. The summed E-state index contributed by atoms with van der Waals surface area (Å²) in [7, 11) is 2.88. The lowest BCUT2D eigenvalue weighted by Gasteiger charge is -2.14. The molecule has 0 aliphatic carbocycles. The normalized spacial score (nSPS) is 11.7. The molecule has 0 heterocycles. The first-order valence-electron chi connectivity index (χ1n) is 9.98. The summed E-state index contributed by atoms with van der Waals surface area (Å²) in [5.41, 5.74) is 0.403. The minimum absolute atomic E-state index is 0.141. The Morgan fingerprint density at radius 2 is 1.61 bits per heavy atom. The molecule has 178 valence electrons. The number of hydrogen-bond donors (Lipinski definition) is 1. The molecule has 0 aliphatic rings. The lowest BCUT2D eigenvalue weighted by Crippen LogP contribution is -2.32. The van der Waals surface area contributed by atoms with Crippen LogP contribution in [-0.2, 0) is 9.59 Å². The fraction of sp³-hybridized carbons (Fsp3) is 0.364. The molecule has 0 fully saturated rings. The quantitative estimate of drug-likeness (QED) is 0.324. The molecule has 0 saturated heterocycles. The summed E-state index contributed by atoms with van der Waals surface area (Å²) >= 11 is 12.5. The second-order valence-electron chi connectivity index (χ2n) is 6.53. The van der Waals surface area contributed by atoms with Gasteiger partial charge in [0.05, 0.1) is 38.1 Å². The smallest absolute Gasteiger partial charge is 0.258 e. The number of carbonyl (C=O) groups excluding carboxylic acids is 2. The predicted molar refractivity (Wildman–Crippen MR) is 126 cm³/mol. The van der Waals surface area contributed by atoms with Crippen molar-refractivity contribution < 1.29 is 28.5 Å². The molecule has 1 unspecified atom stereocenters. The van der Waals surface area contributed by atoms with E-state index in [9.17, 15) is 9.59 Å². The fourth-order valence-corrected chi connectivity index (χ4v) is 3.13. The van der Waals surface area contributed by atoms with Crippen molar-refractivity contribution in [3.8, 4) is 23.0 Å². The van der Waals surface area contributed by atoms with E-state index < -0.39 is 17.7 Å². The number of halogens is 2. The molecule has 11 heteroatoms. The number of anilines is 1. The largest absolute Gasteiger partial charge is 0.497 e. The summed E-state index contributed by atoms with van der Waals surface area (Å²) in [4.78, 5) is 25.0. The van der Waals surface area contributed by atoms with E-state index >= 15 is 0 Å². The van der Waals surface area contributed by atoms with E-state index in [0.29, 0.717) is 30.5 Å². The summed E-state index contributed by atoms with van der Waals surface area (Å²) in [6, 6.07) is 4.67. The van der Waals surface area contributed by atoms with Gasteiger partial charge in [-0.15, -0.1) is 0 Å². The highest BCUT2D eigenvalue weighted by Gasteiger charge is 2.25. The van der Waals surface area contributed by atoms with Gasteiger partial charge in [0.15, 0.2) is 17.3 Å². The number of rotatable bonds is 11. The van der Waals surface area contributed by atoms with Crippen molar-refractivity contribution in [1.29, 1.82) is 0 Å². The first-order valence-corrected chi connectivity index (χ1v) is 10.7. The number of hydrogen-bond acceptors (Lipinski definition) is 8. The number of Topliss-reactive ketones (excluding diaryl/α,β-unsaturated/α-hetero) is 1. The molecule has 0 radical (unpaired) electrons. The molecular formula is C22H25Cl2N3O6. The van der Waals surface area contributed by atoms with Crippen LogP contribution in [0.5, 0.6) is 23.0 Å². The predicted octanol–water partition coefficient (Wildman–Crippen LogP) is 5.49. The van der Waals surface area contributed by atoms with Gasteiger partial charge in [0.25, 0.3) is 5.91 Å². The maximum Gasteiger partial charge on any atom is 0.258 e. The molecule has 33 heavy (non-hydrogen) atoms. The molecular weight excluding hydrogens is 473 g/mol. The Labute approximate surface area is 202 Å². The van der Waals surface area contributed by atoms with Gasteiger partial charge < -0.3 is 24.3 Å². The second kappa shape index (κ2) is 12.3. The highest BCUT2D eigenvalue weighted by molar-refractivity contribution is 6.35. The van der Waals surface area contributed by atoms with E-state index in [1.165, 1.54) is 39.3 Å². The summed E-state index contributed by atoms with van der Waals surface area (Å²) in [6.45, 7) is 5.68. The molecule has 0 bridgehead atoms. The molecule has 0 spiro atoms. The lowest BCUT2D eigenvalue weighted by atomic mass is 10.2. The number of ether oxygens (including phenoxy) is 4. The van der Waals surface area contributed by atoms with E-state index in [1.807, 2.05) is 13.8 Å². The number of nitrogens with one attached hydrogen (secondary N) is 1. The van der Waals surface area contributed by atoms with Gasteiger partial charge in [0.2, 0.25) is 6.04 Å². The van der Waals surface area contributed by atoms with Crippen molar-refractivity contribution in [1.82, 2.24) is 0 Å². The van der Waals surface area contributed by atoms with Crippen LogP contribution < -0.4 is 24.3 Å². The van der Waals surface area contributed by atoms with Crippen LogP contribution in [0.1, 0.15) is 20.8 Å². The van der Waals surface area contributed by atoms with Crippen LogP contribution in [0.2, 0.25) is 10.0 Å². The maximum absolute atomic E-state index is 12.8. The zero-order valence-corrected chi connectivity index (χ0v) is 20.4. The van der Waals surface area contributed by atoms with E-state index in [1.54, 1.807) is 6.07 Å². The average molecular weight is 498 g/mol. The summed E-state index contributed by atoms with van der Waals surface area (Å²) in [5.74, 6) is 0.279. The minimum Gasteiger partial charge on any atom is -0.497 e. The van der Waals surface area contributed by atoms with Crippen molar-refractivity contribution in [2.24, 2.45) is 10.2 Å². The highest BCUT2D eigenvalue weighted by atomic mass is 35.5. The Morgan fingerprint density at radius 1 is 0.970 bits per heavy atom. The standard InChI is InChI=1S/C22H25Cl2N3O6/c1-6-32-17-10-14(23)15(11-18(17)33-7-2)26-27-21(12(3)28)22(29)25-16-8-13(30-4)9-19(31-5)20(16)24/h8-11,21H,6-7H2,1-5H3,(H,25,29). The molecule has 1 atom stereocenters. The van der Waals surface area contributed by atoms with Gasteiger partial charge >= 0.3 is 0 Å². The fourth-order valence-electron chi connectivity index (χ4n) is 2.71. The Hall–Kier alpha value is -3.04.